The first-order chi connectivity index (χ1) is 8.31. The minimum atomic E-state index is 0.619. The monoisotopic (exact) mass is 231 g/mol. The van der Waals surface area contributed by atoms with Crippen LogP contribution in [0.2, 0.25) is 0 Å². The van der Waals surface area contributed by atoms with Crippen molar-refractivity contribution in [3.63, 3.8) is 0 Å². The van der Waals surface area contributed by atoms with E-state index in [4.69, 9.17) is 4.74 Å². The summed E-state index contributed by atoms with van der Waals surface area (Å²) in [6.45, 7) is 3.40. The molecule has 0 unspecified atom stereocenters. The van der Waals surface area contributed by atoms with E-state index in [-0.39, 0.29) is 0 Å². The number of benzene rings is 1. The first-order valence-electron chi connectivity index (χ1n) is 5.61. The summed E-state index contributed by atoms with van der Waals surface area (Å²) in [5, 5.41) is 10.3. The van der Waals surface area contributed by atoms with Crippen molar-refractivity contribution in [2.45, 2.75) is 20.1 Å². The first-order valence-corrected chi connectivity index (χ1v) is 5.61. The van der Waals surface area contributed by atoms with Gasteiger partial charge in [0.05, 0.1) is 12.8 Å². The van der Waals surface area contributed by atoms with Gasteiger partial charge in [0.1, 0.15) is 0 Å². The summed E-state index contributed by atoms with van der Waals surface area (Å²) in [4.78, 5) is 0. The van der Waals surface area contributed by atoms with Crippen LogP contribution in [0.3, 0.4) is 0 Å². The fraction of sp³-hybridized carbons (Fsp3) is 0.308. The van der Waals surface area contributed by atoms with Crippen molar-refractivity contribution in [2.24, 2.45) is 0 Å². The molecule has 90 valence electrons. The molecule has 0 spiro atoms. The number of rotatable bonds is 5. The van der Waals surface area contributed by atoms with Crippen LogP contribution in [0.5, 0.6) is 0 Å². The van der Waals surface area contributed by atoms with Crippen molar-refractivity contribution in [1.82, 2.24) is 10.2 Å². The molecule has 1 heterocycles. The lowest BCUT2D eigenvalue weighted by atomic mass is 10.2. The number of hydrogen-bond donors (Lipinski definition) is 2. The van der Waals surface area contributed by atoms with Crippen LogP contribution in [0.25, 0.3) is 0 Å². The summed E-state index contributed by atoms with van der Waals surface area (Å²) >= 11 is 0. The number of aromatic amines is 1. The molecular formula is C13H17N3O. The number of para-hydroxylation sites is 1. The van der Waals surface area contributed by atoms with Crippen LogP contribution in [0.1, 0.15) is 16.8 Å². The van der Waals surface area contributed by atoms with E-state index in [9.17, 15) is 0 Å². The highest BCUT2D eigenvalue weighted by molar-refractivity contribution is 5.51. The van der Waals surface area contributed by atoms with Gasteiger partial charge in [0.25, 0.3) is 0 Å². The van der Waals surface area contributed by atoms with Crippen molar-refractivity contribution in [3.05, 3.63) is 47.3 Å². The van der Waals surface area contributed by atoms with Gasteiger partial charge < -0.3 is 10.1 Å². The quantitative estimate of drug-likeness (QED) is 0.831. The van der Waals surface area contributed by atoms with Crippen molar-refractivity contribution < 1.29 is 4.74 Å². The van der Waals surface area contributed by atoms with Crippen molar-refractivity contribution in [3.8, 4) is 0 Å². The van der Waals surface area contributed by atoms with Crippen LogP contribution in [0.4, 0.5) is 5.69 Å². The van der Waals surface area contributed by atoms with E-state index in [0.717, 1.165) is 23.5 Å². The van der Waals surface area contributed by atoms with Crippen LogP contribution in [-0.2, 0) is 17.9 Å². The number of methoxy groups -OCH3 is 1. The molecule has 0 atom stereocenters. The van der Waals surface area contributed by atoms with Crippen LogP contribution >= 0.6 is 0 Å². The summed E-state index contributed by atoms with van der Waals surface area (Å²) in [6, 6.07) is 8.16. The number of nitrogens with zero attached hydrogens (tertiary/aromatic N) is 1. The van der Waals surface area contributed by atoms with Crippen LogP contribution in [-0.4, -0.2) is 17.3 Å². The third kappa shape index (κ3) is 2.85. The highest BCUT2D eigenvalue weighted by Gasteiger charge is 2.03. The average molecular weight is 231 g/mol. The number of H-pyrrole nitrogens is 1. The molecule has 2 N–H and O–H groups in total. The second-order valence-corrected chi connectivity index (χ2v) is 3.96. The number of anilines is 1. The molecular weight excluding hydrogens is 214 g/mol. The highest BCUT2D eigenvalue weighted by Crippen LogP contribution is 2.17. The molecule has 1 aromatic heterocycles. The fourth-order valence-corrected chi connectivity index (χ4v) is 1.72. The molecule has 2 aromatic rings. The Labute approximate surface area is 101 Å². The van der Waals surface area contributed by atoms with Gasteiger partial charge in [-0.1, -0.05) is 18.2 Å². The van der Waals surface area contributed by atoms with Crippen LogP contribution in [0, 0.1) is 6.92 Å². The Morgan fingerprint density at radius 1 is 1.29 bits per heavy atom. The van der Waals surface area contributed by atoms with Crippen LogP contribution < -0.4 is 5.32 Å². The van der Waals surface area contributed by atoms with E-state index in [0.29, 0.717) is 6.61 Å². The number of ether oxygens (including phenoxy) is 1. The molecule has 0 aliphatic heterocycles. The molecule has 4 nitrogen and oxygen atoms in total. The third-order valence-corrected chi connectivity index (χ3v) is 2.72. The largest absolute Gasteiger partial charge is 0.381 e. The standard InChI is InChI=1S/C13H17N3O/c1-10-12(8-15-16-10)7-14-13-6-4-3-5-11(13)9-17-2/h3-6,8,14H,7,9H2,1-2H3,(H,15,16). The lowest BCUT2D eigenvalue weighted by Gasteiger charge is -2.10. The number of aromatic nitrogens is 2. The molecule has 0 bridgehead atoms. The van der Waals surface area contributed by atoms with Crippen molar-refractivity contribution in [1.29, 1.82) is 0 Å². The molecule has 0 saturated carbocycles. The topological polar surface area (TPSA) is 49.9 Å². The second-order valence-electron chi connectivity index (χ2n) is 3.96. The van der Waals surface area contributed by atoms with E-state index in [1.54, 1.807) is 7.11 Å². The molecule has 0 saturated heterocycles. The summed E-state index contributed by atoms with van der Waals surface area (Å²) in [7, 11) is 1.71. The molecule has 17 heavy (non-hydrogen) atoms. The Morgan fingerprint density at radius 2 is 2.12 bits per heavy atom. The SMILES string of the molecule is COCc1ccccc1NCc1cn[nH]c1C. The Bertz CT molecular complexity index is 479. The molecule has 4 heteroatoms. The number of nitrogens with one attached hydrogen (secondary N) is 2. The Kier molecular flexibility index (Phi) is 3.77. The molecule has 0 aliphatic carbocycles. The number of hydrogen-bond acceptors (Lipinski definition) is 3. The summed E-state index contributed by atoms with van der Waals surface area (Å²) < 4.78 is 5.17. The maximum absolute atomic E-state index is 5.17. The minimum absolute atomic E-state index is 0.619. The van der Waals surface area contributed by atoms with Gasteiger partial charge in [0.15, 0.2) is 0 Å². The van der Waals surface area contributed by atoms with Gasteiger partial charge in [0, 0.05) is 36.2 Å². The average Bonchev–Trinajstić information content (AvgIpc) is 2.74. The Balaban J connectivity index is 2.06. The summed E-state index contributed by atoms with van der Waals surface area (Å²) in [6.07, 6.45) is 1.85. The van der Waals surface area contributed by atoms with E-state index >= 15 is 0 Å². The smallest absolute Gasteiger partial charge is 0.0733 e. The van der Waals surface area contributed by atoms with Gasteiger partial charge in [0.2, 0.25) is 0 Å². The maximum Gasteiger partial charge on any atom is 0.0733 e. The fourth-order valence-electron chi connectivity index (χ4n) is 1.72. The van der Waals surface area contributed by atoms with E-state index in [2.05, 4.69) is 27.6 Å². The predicted octanol–water partition coefficient (Wildman–Crippen LogP) is 2.48. The number of aryl methyl sites for hydroxylation is 1. The van der Waals surface area contributed by atoms with E-state index < -0.39 is 0 Å². The molecule has 0 amide bonds. The highest BCUT2D eigenvalue weighted by atomic mass is 16.5. The van der Waals surface area contributed by atoms with Gasteiger partial charge in [-0.25, -0.2) is 0 Å². The Morgan fingerprint density at radius 3 is 2.82 bits per heavy atom. The summed E-state index contributed by atoms with van der Waals surface area (Å²) in [5.74, 6) is 0. The summed E-state index contributed by atoms with van der Waals surface area (Å²) in [5.41, 5.74) is 4.55. The molecule has 1 aromatic carbocycles. The lowest BCUT2D eigenvalue weighted by molar-refractivity contribution is 0.185. The lowest BCUT2D eigenvalue weighted by Crippen LogP contribution is -2.03. The van der Waals surface area contributed by atoms with E-state index in [1.807, 2.05) is 25.3 Å². The van der Waals surface area contributed by atoms with E-state index in [1.165, 1.54) is 5.56 Å². The zero-order valence-corrected chi connectivity index (χ0v) is 10.2. The maximum atomic E-state index is 5.17. The van der Waals surface area contributed by atoms with Crippen molar-refractivity contribution >= 4 is 5.69 Å². The molecule has 0 aliphatic rings. The van der Waals surface area contributed by atoms with Gasteiger partial charge >= 0.3 is 0 Å². The third-order valence-electron chi connectivity index (χ3n) is 2.72. The normalized spacial score (nSPS) is 10.5. The van der Waals surface area contributed by atoms with Gasteiger partial charge in [-0.15, -0.1) is 0 Å². The molecule has 0 radical (unpaired) electrons. The van der Waals surface area contributed by atoms with Gasteiger partial charge in [-0.05, 0) is 13.0 Å². The van der Waals surface area contributed by atoms with Gasteiger partial charge in [-0.3, -0.25) is 5.10 Å². The molecule has 0 fully saturated rings. The van der Waals surface area contributed by atoms with Crippen molar-refractivity contribution in [2.75, 3.05) is 12.4 Å². The van der Waals surface area contributed by atoms with Gasteiger partial charge in [-0.2, -0.15) is 5.10 Å². The minimum Gasteiger partial charge on any atom is -0.381 e. The predicted molar refractivity (Wildman–Crippen MR) is 67.8 cm³/mol. The zero-order chi connectivity index (χ0) is 12.1. The zero-order valence-electron chi connectivity index (χ0n) is 10.2. The second kappa shape index (κ2) is 5.50. The Hall–Kier alpha value is -1.81. The first kappa shape index (κ1) is 11.7. The molecule has 2 rings (SSSR count). The van der Waals surface area contributed by atoms with Crippen LogP contribution in [0.15, 0.2) is 30.5 Å².